The Morgan fingerprint density at radius 3 is 1.74 bits per heavy atom. The number of pyridine rings is 1. The number of rotatable bonds is 11. The minimum Gasteiger partial charge on any atom is -1.00 e. The van der Waals surface area contributed by atoms with Crippen LogP contribution in [-0.4, -0.2) is 0 Å². The fraction of sp³-hybridized carbons (Fsp3) is 0.706. The highest BCUT2D eigenvalue weighted by Crippen LogP contribution is 2.11. The van der Waals surface area contributed by atoms with Gasteiger partial charge in [-0.15, -0.1) is 0 Å². The van der Waals surface area contributed by atoms with E-state index in [0.29, 0.717) is 0 Å². The van der Waals surface area contributed by atoms with Gasteiger partial charge in [-0.25, -0.2) is 4.98 Å². The Labute approximate surface area is 130 Å². The van der Waals surface area contributed by atoms with Crippen LogP contribution in [0.4, 0.5) is 0 Å². The highest BCUT2D eigenvalue weighted by Gasteiger charge is 1.95. The van der Waals surface area contributed by atoms with E-state index in [1.807, 2.05) is 12.4 Å². The maximum Gasteiger partial charge on any atom is 0.167 e. The summed E-state index contributed by atoms with van der Waals surface area (Å²) in [5, 5.41) is 0. The molecule has 0 bridgehead atoms. The quantitative estimate of drug-likeness (QED) is 0.552. The highest BCUT2D eigenvalue weighted by atomic mass is 79.9. The molecule has 0 unspecified atom stereocenters. The number of hydrogen-bond donors (Lipinski definition) is 0. The van der Waals surface area contributed by atoms with Crippen LogP contribution in [0.5, 0.6) is 0 Å². The molecule has 2 heteroatoms. The zero-order valence-corrected chi connectivity index (χ0v) is 14.1. The molecule has 1 aromatic heterocycles. The molecule has 0 saturated carbocycles. The van der Waals surface area contributed by atoms with Gasteiger partial charge in [-0.05, 0) is 18.4 Å². The predicted molar refractivity (Wildman–Crippen MR) is 78.5 cm³/mol. The average molecular weight is 328 g/mol. The average Bonchev–Trinajstić information content (AvgIpc) is 2.42. The number of aryl methyl sites for hydroxylation is 1. The van der Waals surface area contributed by atoms with Gasteiger partial charge in [0.25, 0.3) is 0 Å². The fourth-order valence-electron chi connectivity index (χ4n) is 2.40. The summed E-state index contributed by atoms with van der Waals surface area (Å²) in [6.07, 6.45) is 19.5. The Bertz CT molecular complexity index is 274. The number of nitrogens with one attached hydrogen (secondary N) is 1. The third kappa shape index (κ3) is 11.2. The first kappa shape index (κ1) is 18.6. The van der Waals surface area contributed by atoms with Crippen LogP contribution in [0.3, 0.4) is 0 Å². The van der Waals surface area contributed by atoms with E-state index in [9.17, 15) is 0 Å². The van der Waals surface area contributed by atoms with E-state index in [-0.39, 0.29) is 17.0 Å². The summed E-state index contributed by atoms with van der Waals surface area (Å²) in [4.78, 5) is 3.07. The number of hydrogen-bond acceptors (Lipinski definition) is 0. The Balaban J connectivity index is 0.00000324. The third-order valence-corrected chi connectivity index (χ3v) is 3.61. The van der Waals surface area contributed by atoms with Crippen LogP contribution in [0.15, 0.2) is 24.5 Å². The van der Waals surface area contributed by atoms with E-state index < -0.39 is 0 Å². The van der Waals surface area contributed by atoms with E-state index in [1.165, 1.54) is 76.2 Å². The molecule has 0 aromatic carbocycles. The first-order valence-corrected chi connectivity index (χ1v) is 7.88. The lowest BCUT2D eigenvalue weighted by Gasteiger charge is -2.02. The Morgan fingerprint density at radius 1 is 0.737 bits per heavy atom. The van der Waals surface area contributed by atoms with Crippen molar-refractivity contribution >= 4 is 0 Å². The predicted octanol–water partition coefficient (Wildman–Crippen LogP) is 1.97. The van der Waals surface area contributed by atoms with Gasteiger partial charge in [-0.3, -0.25) is 0 Å². The topological polar surface area (TPSA) is 14.1 Å². The minimum atomic E-state index is 0. The number of H-pyrrole nitrogens is 1. The van der Waals surface area contributed by atoms with E-state index in [0.717, 1.165) is 0 Å². The summed E-state index contributed by atoms with van der Waals surface area (Å²) in [5.74, 6) is 0. The summed E-state index contributed by atoms with van der Waals surface area (Å²) >= 11 is 0. The van der Waals surface area contributed by atoms with E-state index in [2.05, 4.69) is 24.0 Å². The summed E-state index contributed by atoms with van der Waals surface area (Å²) in [7, 11) is 0. The molecule has 0 saturated heterocycles. The number of aromatic nitrogens is 1. The van der Waals surface area contributed by atoms with Gasteiger partial charge < -0.3 is 17.0 Å². The third-order valence-electron chi connectivity index (χ3n) is 3.61. The number of aromatic amines is 1. The van der Waals surface area contributed by atoms with Crippen LogP contribution in [0, 0.1) is 0 Å². The first-order valence-electron chi connectivity index (χ1n) is 7.88. The molecule has 0 atom stereocenters. The maximum absolute atomic E-state index is 3.07. The number of halogens is 1. The van der Waals surface area contributed by atoms with Gasteiger partial charge in [0, 0.05) is 12.1 Å². The van der Waals surface area contributed by atoms with Gasteiger partial charge in [0.2, 0.25) is 0 Å². The minimum absolute atomic E-state index is 0. The van der Waals surface area contributed by atoms with Crippen molar-refractivity contribution in [3.05, 3.63) is 30.1 Å². The molecule has 19 heavy (non-hydrogen) atoms. The second kappa shape index (κ2) is 14.0. The van der Waals surface area contributed by atoms with Crippen LogP contribution in [0.1, 0.15) is 76.7 Å². The van der Waals surface area contributed by atoms with Crippen molar-refractivity contribution in [2.24, 2.45) is 0 Å². The van der Waals surface area contributed by atoms with Crippen molar-refractivity contribution in [3.8, 4) is 0 Å². The monoisotopic (exact) mass is 327 g/mol. The molecule has 0 radical (unpaired) electrons. The van der Waals surface area contributed by atoms with Gasteiger partial charge in [-0.2, -0.15) is 0 Å². The van der Waals surface area contributed by atoms with Crippen molar-refractivity contribution < 1.29 is 22.0 Å². The molecule has 1 rings (SSSR count). The summed E-state index contributed by atoms with van der Waals surface area (Å²) < 4.78 is 0. The maximum atomic E-state index is 3.07. The van der Waals surface area contributed by atoms with Gasteiger partial charge >= 0.3 is 0 Å². The van der Waals surface area contributed by atoms with E-state index in [1.54, 1.807) is 0 Å². The molecule has 0 aliphatic carbocycles. The van der Waals surface area contributed by atoms with Gasteiger partial charge in [0.1, 0.15) is 0 Å². The lowest BCUT2D eigenvalue weighted by molar-refractivity contribution is -0.378. The van der Waals surface area contributed by atoms with Crippen molar-refractivity contribution in [2.45, 2.75) is 77.6 Å². The molecule has 0 aliphatic rings. The lowest BCUT2D eigenvalue weighted by atomic mass is 10.0. The second-order valence-electron chi connectivity index (χ2n) is 5.34. The molecular formula is C17H30BrN. The molecule has 0 aliphatic heterocycles. The Kier molecular flexibility index (Phi) is 13.8. The summed E-state index contributed by atoms with van der Waals surface area (Å²) in [5.41, 5.74) is 1.47. The zero-order valence-electron chi connectivity index (χ0n) is 12.5. The second-order valence-corrected chi connectivity index (χ2v) is 5.34. The molecule has 0 fully saturated rings. The molecular weight excluding hydrogens is 298 g/mol. The van der Waals surface area contributed by atoms with E-state index in [4.69, 9.17) is 0 Å². The SMILES string of the molecule is CCCCCCCCCCCCc1cc[nH+]cc1.[Br-]. The molecule has 0 spiro atoms. The molecule has 1 N–H and O–H groups in total. The Morgan fingerprint density at radius 2 is 1.21 bits per heavy atom. The molecule has 1 aromatic rings. The van der Waals surface area contributed by atoms with Crippen molar-refractivity contribution in [3.63, 3.8) is 0 Å². The molecule has 110 valence electrons. The fourth-order valence-corrected chi connectivity index (χ4v) is 2.40. The van der Waals surface area contributed by atoms with Crippen LogP contribution in [0.2, 0.25) is 0 Å². The van der Waals surface area contributed by atoms with Crippen molar-refractivity contribution in [1.82, 2.24) is 0 Å². The van der Waals surface area contributed by atoms with Crippen molar-refractivity contribution in [1.29, 1.82) is 0 Å². The summed E-state index contributed by atoms with van der Waals surface area (Å²) in [6.45, 7) is 2.28. The van der Waals surface area contributed by atoms with Crippen LogP contribution in [0.25, 0.3) is 0 Å². The van der Waals surface area contributed by atoms with Gasteiger partial charge in [-0.1, -0.05) is 64.7 Å². The summed E-state index contributed by atoms with van der Waals surface area (Å²) in [6, 6.07) is 4.38. The Hall–Kier alpha value is -0.370. The van der Waals surface area contributed by atoms with E-state index >= 15 is 0 Å². The molecule has 1 nitrogen and oxygen atoms in total. The largest absolute Gasteiger partial charge is 1.00 e. The zero-order chi connectivity index (χ0) is 12.9. The number of unbranched alkanes of at least 4 members (excludes halogenated alkanes) is 9. The molecule has 0 amide bonds. The standard InChI is InChI=1S/C17H29N.BrH/c1-2-3-4-5-6-7-8-9-10-11-12-17-13-15-18-16-14-17;/h13-16H,2-12H2,1H3;1H. The smallest absolute Gasteiger partial charge is 0.167 e. The van der Waals surface area contributed by atoms with Gasteiger partial charge in [0.15, 0.2) is 12.4 Å². The van der Waals surface area contributed by atoms with Gasteiger partial charge in [0.05, 0.1) is 0 Å². The van der Waals surface area contributed by atoms with Crippen LogP contribution in [-0.2, 0) is 6.42 Å². The lowest BCUT2D eigenvalue weighted by Crippen LogP contribution is -3.00. The normalized spacial score (nSPS) is 10.2. The van der Waals surface area contributed by atoms with Crippen molar-refractivity contribution in [2.75, 3.05) is 0 Å². The first-order chi connectivity index (χ1) is 8.93. The van der Waals surface area contributed by atoms with Crippen LogP contribution >= 0.6 is 0 Å². The highest BCUT2D eigenvalue weighted by molar-refractivity contribution is 5.06. The van der Waals surface area contributed by atoms with Crippen LogP contribution < -0.4 is 22.0 Å². The molecule has 1 heterocycles.